The van der Waals surface area contributed by atoms with Gasteiger partial charge in [0, 0.05) is 12.8 Å². The molecule has 0 aromatic heterocycles. The molecule has 0 aromatic carbocycles. The number of rotatable bonds is 55. The summed E-state index contributed by atoms with van der Waals surface area (Å²) >= 11 is 0. The molecule has 0 fully saturated rings. The van der Waals surface area contributed by atoms with Gasteiger partial charge in [-0.2, -0.15) is 0 Å². The quantitative estimate of drug-likeness (QED) is 0.0321. The summed E-state index contributed by atoms with van der Waals surface area (Å²) in [7, 11) is 0. The molecule has 390 valence electrons. The number of hydrogen-bond donors (Lipinski definition) is 3. The summed E-state index contributed by atoms with van der Waals surface area (Å²) in [5.74, 6) is -0.0711. The molecule has 0 spiro atoms. The van der Waals surface area contributed by atoms with Crippen LogP contribution in [0.1, 0.15) is 322 Å². The van der Waals surface area contributed by atoms with Gasteiger partial charge in [-0.25, -0.2) is 0 Å². The molecule has 2 atom stereocenters. The number of allylic oxidation sites excluding steroid dienone is 3. The maximum atomic E-state index is 12.4. The molecule has 0 rings (SSSR count). The Balaban J connectivity index is 3.42. The molecule has 0 radical (unpaired) electrons. The molecule has 0 aliphatic heterocycles. The highest BCUT2D eigenvalue weighted by Gasteiger charge is 2.20. The highest BCUT2D eigenvalue weighted by Crippen LogP contribution is 2.17. The van der Waals surface area contributed by atoms with Crippen LogP contribution in [0.15, 0.2) is 24.3 Å². The maximum Gasteiger partial charge on any atom is 0.305 e. The van der Waals surface area contributed by atoms with Crippen LogP contribution in [0.4, 0.5) is 0 Å². The van der Waals surface area contributed by atoms with E-state index in [4.69, 9.17) is 4.74 Å². The van der Waals surface area contributed by atoms with E-state index in [-0.39, 0.29) is 18.5 Å². The summed E-state index contributed by atoms with van der Waals surface area (Å²) < 4.78 is 5.43. The van der Waals surface area contributed by atoms with Gasteiger partial charge in [-0.15, -0.1) is 0 Å². The Bertz CT molecular complexity index is 1030. The fraction of sp³-hybridized carbons (Fsp3) is 0.900. The third kappa shape index (κ3) is 51.7. The molecule has 0 bridgehead atoms. The van der Waals surface area contributed by atoms with E-state index in [0.717, 1.165) is 51.4 Å². The number of unbranched alkanes of at least 4 members (excludes halogenated alkanes) is 40. The highest BCUT2D eigenvalue weighted by molar-refractivity contribution is 5.76. The summed E-state index contributed by atoms with van der Waals surface area (Å²) in [6, 6.07) is -0.543. The fourth-order valence-electron chi connectivity index (χ4n) is 9.24. The van der Waals surface area contributed by atoms with Gasteiger partial charge in [0.25, 0.3) is 0 Å². The van der Waals surface area contributed by atoms with Gasteiger partial charge >= 0.3 is 5.97 Å². The molecule has 0 aliphatic carbocycles. The summed E-state index contributed by atoms with van der Waals surface area (Å²) in [4.78, 5) is 24.5. The number of hydrogen-bond acceptors (Lipinski definition) is 5. The highest BCUT2D eigenvalue weighted by atomic mass is 16.5. The van der Waals surface area contributed by atoms with Crippen LogP contribution < -0.4 is 5.32 Å². The molecule has 2 unspecified atom stereocenters. The van der Waals surface area contributed by atoms with Crippen LogP contribution >= 0.6 is 0 Å². The van der Waals surface area contributed by atoms with Crippen molar-refractivity contribution >= 4 is 11.9 Å². The first-order chi connectivity index (χ1) is 32.5. The predicted molar refractivity (Wildman–Crippen MR) is 287 cm³/mol. The lowest BCUT2D eigenvalue weighted by atomic mass is 10.0. The predicted octanol–water partition coefficient (Wildman–Crippen LogP) is 18.2. The van der Waals surface area contributed by atoms with Crippen LogP contribution in [0.2, 0.25) is 0 Å². The summed E-state index contributed by atoms with van der Waals surface area (Å²) in [6.07, 6.45) is 67.7. The zero-order chi connectivity index (χ0) is 47.9. The van der Waals surface area contributed by atoms with Crippen molar-refractivity contribution in [1.29, 1.82) is 0 Å². The van der Waals surface area contributed by atoms with Gasteiger partial charge in [0.05, 0.1) is 25.4 Å². The topological polar surface area (TPSA) is 95.9 Å². The fourth-order valence-corrected chi connectivity index (χ4v) is 9.24. The normalized spacial score (nSPS) is 12.7. The molecule has 6 heteroatoms. The minimum Gasteiger partial charge on any atom is -0.465 e. The number of aliphatic hydroxyl groups excluding tert-OH is 2. The average molecular weight is 931 g/mol. The van der Waals surface area contributed by atoms with E-state index in [2.05, 4.69) is 43.5 Å². The van der Waals surface area contributed by atoms with E-state index >= 15 is 0 Å². The van der Waals surface area contributed by atoms with Gasteiger partial charge in [-0.3, -0.25) is 9.59 Å². The van der Waals surface area contributed by atoms with Gasteiger partial charge in [0.2, 0.25) is 5.91 Å². The van der Waals surface area contributed by atoms with Crippen molar-refractivity contribution in [2.24, 2.45) is 0 Å². The Hall–Kier alpha value is -1.66. The smallest absolute Gasteiger partial charge is 0.305 e. The minimum absolute atomic E-state index is 0.0311. The second-order valence-electron chi connectivity index (χ2n) is 20.3. The Kier molecular flexibility index (Phi) is 54.5. The molecule has 66 heavy (non-hydrogen) atoms. The molecular weight excluding hydrogens is 815 g/mol. The van der Waals surface area contributed by atoms with Crippen molar-refractivity contribution in [2.45, 2.75) is 334 Å². The van der Waals surface area contributed by atoms with Crippen LogP contribution in [0, 0.1) is 0 Å². The number of carbonyl (C=O) groups excluding carboxylic acids is 2. The largest absolute Gasteiger partial charge is 0.465 e. The maximum absolute atomic E-state index is 12.4. The summed E-state index contributed by atoms with van der Waals surface area (Å²) in [6.45, 7) is 4.85. The lowest BCUT2D eigenvalue weighted by Gasteiger charge is -2.22. The van der Waals surface area contributed by atoms with Gasteiger partial charge in [-0.05, 0) is 44.9 Å². The van der Waals surface area contributed by atoms with Crippen LogP contribution in [0.3, 0.4) is 0 Å². The number of ether oxygens (including phenoxy) is 1. The lowest BCUT2D eigenvalue weighted by Crippen LogP contribution is -2.45. The van der Waals surface area contributed by atoms with Crippen LogP contribution in [0.5, 0.6) is 0 Å². The van der Waals surface area contributed by atoms with Crippen LogP contribution in [-0.4, -0.2) is 47.4 Å². The average Bonchev–Trinajstić information content (AvgIpc) is 3.32. The van der Waals surface area contributed by atoms with E-state index in [1.807, 2.05) is 0 Å². The molecule has 0 saturated carbocycles. The first-order valence-corrected chi connectivity index (χ1v) is 29.6. The SMILES string of the molecule is CCCCCCCCCCCCCCCCCCCC(=O)OCC/C=C\C/C=C\CCCCCCCCCCCCCCCCC(=O)NC(CO)C(O)CCCCCCCCCCCCC. The van der Waals surface area contributed by atoms with Gasteiger partial charge in [-0.1, -0.05) is 289 Å². The lowest BCUT2D eigenvalue weighted by molar-refractivity contribution is -0.143. The third-order valence-electron chi connectivity index (χ3n) is 13.8. The van der Waals surface area contributed by atoms with Crippen molar-refractivity contribution in [3.8, 4) is 0 Å². The van der Waals surface area contributed by atoms with Crippen molar-refractivity contribution in [3.63, 3.8) is 0 Å². The second kappa shape index (κ2) is 55.9. The Labute approximate surface area is 411 Å². The van der Waals surface area contributed by atoms with Gasteiger partial charge in [0.15, 0.2) is 0 Å². The molecule has 0 saturated heterocycles. The Morgan fingerprint density at radius 2 is 0.758 bits per heavy atom. The van der Waals surface area contributed by atoms with Crippen molar-refractivity contribution in [1.82, 2.24) is 5.32 Å². The van der Waals surface area contributed by atoms with E-state index < -0.39 is 12.1 Å². The van der Waals surface area contributed by atoms with E-state index in [0.29, 0.717) is 25.9 Å². The standard InChI is InChI=1S/C60H115NO5/c1-3-5-7-9-11-13-15-16-17-23-27-30-34-38-42-46-50-54-60(65)66-55-51-47-43-39-35-31-28-25-22-20-18-19-21-24-26-29-33-37-41-45-49-53-59(64)61-57(56-62)58(63)52-48-44-40-36-32-14-12-10-8-6-4-2/h31,35,43,47,57-58,62-63H,3-30,32-34,36-42,44-46,48-56H2,1-2H3,(H,61,64)/b35-31-,47-43-. The number of aliphatic hydroxyl groups is 2. The Morgan fingerprint density at radius 3 is 1.15 bits per heavy atom. The van der Waals surface area contributed by atoms with E-state index in [1.54, 1.807) is 0 Å². The van der Waals surface area contributed by atoms with Crippen molar-refractivity contribution in [3.05, 3.63) is 24.3 Å². The van der Waals surface area contributed by atoms with Crippen LogP contribution in [-0.2, 0) is 14.3 Å². The summed E-state index contributed by atoms with van der Waals surface area (Å²) in [5.41, 5.74) is 0. The first-order valence-electron chi connectivity index (χ1n) is 29.6. The monoisotopic (exact) mass is 930 g/mol. The number of amides is 1. The van der Waals surface area contributed by atoms with Crippen molar-refractivity contribution in [2.75, 3.05) is 13.2 Å². The molecular formula is C60H115NO5. The minimum atomic E-state index is -0.666. The molecule has 0 aliphatic rings. The van der Waals surface area contributed by atoms with E-state index in [1.165, 1.54) is 238 Å². The Morgan fingerprint density at radius 1 is 0.424 bits per heavy atom. The number of esters is 1. The molecule has 3 N–H and O–H groups in total. The van der Waals surface area contributed by atoms with Crippen molar-refractivity contribution < 1.29 is 24.5 Å². The van der Waals surface area contributed by atoms with Gasteiger partial charge in [0.1, 0.15) is 0 Å². The molecule has 6 nitrogen and oxygen atoms in total. The molecule has 1 amide bonds. The molecule has 0 heterocycles. The zero-order valence-electron chi connectivity index (χ0n) is 44.4. The molecule has 0 aromatic rings. The van der Waals surface area contributed by atoms with Gasteiger partial charge < -0.3 is 20.3 Å². The third-order valence-corrected chi connectivity index (χ3v) is 13.8. The van der Waals surface area contributed by atoms with E-state index in [9.17, 15) is 19.8 Å². The van der Waals surface area contributed by atoms with Crippen LogP contribution in [0.25, 0.3) is 0 Å². The zero-order valence-corrected chi connectivity index (χ0v) is 44.4. The second-order valence-corrected chi connectivity index (χ2v) is 20.3. The number of carbonyl (C=O) groups is 2. The number of nitrogens with one attached hydrogen (secondary N) is 1. The summed E-state index contributed by atoms with van der Waals surface area (Å²) in [5, 5.41) is 23.2. The first kappa shape index (κ1) is 64.3.